The van der Waals surface area contributed by atoms with Gasteiger partial charge in [0.2, 0.25) is 0 Å². The van der Waals surface area contributed by atoms with E-state index >= 15 is 0 Å². The third-order valence-electron chi connectivity index (χ3n) is 3.34. The van der Waals surface area contributed by atoms with Crippen molar-refractivity contribution in [2.75, 3.05) is 20.3 Å². The average Bonchev–Trinajstić information content (AvgIpc) is 2.39. The number of benzene rings is 1. The molecule has 0 aliphatic rings. The Morgan fingerprint density at radius 1 is 1.11 bits per heavy atom. The van der Waals surface area contributed by atoms with E-state index in [1.54, 1.807) is 0 Å². The van der Waals surface area contributed by atoms with Crippen LogP contribution in [0.3, 0.4) is 0 Å². The van der Waals surface area contributed by atoms with E-state index in [-0.39, 0.29) is 0 Å². The Balaban J connectivity index is 2.53. The van der Waals surface area contributed by atoms with Gasteiger partial charge in [-0.3, -0.25) is 0 Å². The molecule has 0 saturated heterocycles. The zero-order valence-electron chi connectivity index (χ0n) is 12.2. The van der Waals surface area contributed by atoms with E-state index in [1.165, 1.54) is 11.1 Å². The highest BCUT2D eigenvalue weighted by Crippen LogP contribution is 2.21. The van der Waals surface area contributed by atoms with Gasteiger partial charge in [0.25, 0.3) is 0 Å². The molecule has 1 N–H and O–H groups in total. The van der Waals surface area contributed by atoms with Crippen LogP contribution in [0, 0.1) is 0 Å². The number of nitrogens with one attached hydrogen (secondary N) is 1. The SMILES string of the molecule is CCOCCCC(NC)c1ccc(C(C)C)cc1. The molecule has 0 amide bonds. The largest absolute Gasteiger partial charge is 0.382 e. The van der Waals surface area contributed by atoms with Gasteiger partial charge in [-0.15, -0.1) is 0 Å². The summed E-state index contributed by atoms with van der Waals surface area (Å²) < 4.78 is 5.39. The van der Waals surface area contributed by atoms with Gasteiger partial charge in [0.15, 0.2) is 0 Å². The molecule has 2 heteroatoms. The number of ether oxygens (including phenoxy) is 1. The maximum Gasteiger partial charge on any atom is 0.0466 e. The van der Waals surface area contributed by atoms with Crippen molar-refractivity contribution in [1.82, 2.24) is 5.32 Å². The van der Waals surface area contributed by atoms with Gasteiger partial charge in [-0.2, -0.15) is 0 Å². The first-order valence-corrected chi connectivity index (χ1v) is 7.03. The van der Waals surface area contributed by atoms with Gasteiger partial charge in [0, 0.05) is 19.3 Å². The Bertz CT molecular complexity index is 318. The second kappa shape index (κ2) is 8.28. The third kappa shape index (κ3) is 4.79. The molecule has 0 fully saturated rings. The second-order valence-corrected chi connectivity index (χ2v) is 5.00. The van der Waals surface area contributed by atoms with Crippen molar-refractivity contribution < 1.29 is 4.74 Å². The molecule has 102 valence electrons. The Morgan fingerprint density at radius 3 is 2.22 bits per heavy atom. The molecule has 1 aromatic rings. The third-order valence-corrected chi connectivity index (χ3v) is 3.34. The van der Waals surface area contributed by atoms with Gasteiger partial charge >= 0.3 is 0 Å². The molecule has 1 rings (SSSR count). The van der Waals surface area contributed by atoms with Crippen molar-refractivity contribution in [3.8, 4) is 0 Å². The van der Waals surface area contributed by atoms with Gasteiger partial charge in [-0.25, -0.2) is 0 Å². The van der Waals surface area contributed by atoms with Crippen LogP contribution in [0.5, 0.6) is 0 Å². The number of hydrogen-bond donors (Lipinski definition) is 1. The van der Waals surface area contributed by atoms with Gasteiger partial charge in [-0.1, -0.05) is 38.1 Å². The van der Waals surface area contributed by atoms with E-state index in [0.717, 1.165) is 26.1 Å². The van der Waals surface area contributed by atoms with Crippen LogP contribution in [0.1, 0.15) is 56.7 Å². The van der Waals surface area contributed by atoms with Crippen molar-refractivity contribution >= 4 is 0 Å². The van der Waals surface area contributed by atoms with E-state index < -0.39 is 0 Å². The smallest absolute Gasteiger partial charge is 0.0466 e. The summed E-state index contributed by atoms with van der Waals surface area (Å²) in [5, 5.41) is 3.39. The predicted octanol–water partition coefficient (Wildman–Crippen LogP) is 3.89. The summed E-state index contributed by atoms with van der Waals surface area (Å²) in [6.45, 7) is 8.17. The molecule has 18 heavy (non-hydrogen) atoms. The molecule has 0 spiro atoms. The molecule has 0 radical (unpaired) electrons. The monoisotopic (exact) mass is 249 g/mol. The Labute approximate surface area is 112 Å². The summed E-state index contributed by atoms with van der Waals surface area (Å²) in [4.78, 5) is 0. The van der Waals surface area contributed by atoms with Gasteiger partial charge < -0.3 is 10.1 Å². The van der Waals surface area contributed by atoms with Gasteiger partial charge in [0.05, 0.1) is 0 Å². The second-order valence-electron chi connectivity index (χ2n) is 5.00. The molecule has 0 saturated carbocycles. The minimum absolute atomic E-state index is 0.437. The Kier molecular flexibility index (Phi) is 6.99. The zero-order valence-corrected chi connectivity index (χ0v) is 12.2. The number of hydrogen-bond acceptors (Lipinski definition) is 2. The van der Waals surface area contributed by atoms with E-state index in [9.17, 15) is 0 Å². The number of rotatable bonds is 8. The zero-order chi connectivity index (χ0) is 13.4. The fourth-order valence-electron chi connectivity index (χ4n) is 2.12. The molecule has 0 aliphatic carbocycles. The summed E-state index contributed by atoms with van der Waals surface area (Å²) in [5.74, 6) is 0.602. The highest BCUT2D eigenvalue weighted by molar-refractivity contribution is 5.26. The first kappa shape index (κ1) is 15.2. The topological polar surface area (TPSA) is 21.3 Å². The maximum atomic E-state index is 5.39. The summed E-state index contributed by atoms with van der Waals surface area (Å²) >= 11 is 0. The average molecular weight is 249 g/mol. The van der Waals surface area contributed by atoms with Crippen molar-refractivity contribution in [3.05, 3.63) is 35.4 Å². The molecule has 0 heterocycles. The molecule has 0 aromatic heterocycles. The molecule has 1 unspecified atom stereocenters. The van der Waals surface area contributed by atoms with Crippen molar-refractivity contribution in [2.45, 2.75) is 45.6 Å². The fourth-order valence-corrected chi connectivity index (χ4v) is 2.12. The van der Waals surface area contributed by atoms with Crippen LogP contribution in [0.2, 0.25) is 0 Å². The van der Waals surface area contributed by atoms with E-state index in [2.05, 4.69) is 43.4 Å². The molecular weight excluding hydrogens is 222 g/mol. The highest BCUT2D eigenvalue weighted by atomic mass is 16.5. The quantitative estimate of drug-likeness (QED) is 0.706. The lowest BCUT2D eigenvalue weighted by Gasteiger charge is -2.17. The first-order valence-electron chi connectivity index (χ1n) is 7.03. The van der Waals surface area contributed by atoms with Crippen LogP contribution in [0.4, 0.5) is 0 Å². The van der Waals surface area contributed by atoms with Crippen LogP contribution in [-0.2, 0) is 4.74 Å². The van der Waals surface area contributed by atoms with Crippen LogP contribution >= 0.6 is 0 Å². The Morgan fingerprint density at radius 2 is 1.72 bits per heavy atom. The van der Waals surface area contributed by atoms with E-state index in [0.29, 0.717) is 12.0 Å². The summed E-state index contributed by atoms with van der Waals surface area (Å²) in [6.07, 6.45) is 2.23. The van der Waals surface area contributed by atoms with Gasteiger partial charge in [0.1, 0.15) is 0 Å². The lowest BCUT2D eigenvalue weighted by molar-refractivity contribution is 0.141. The van der Waals surface area contributed by atoms with Crippen molar-refractivity contribution in [3.63, 3.8) is 0 Å². The van der Waals surface area contributed by atoms with Crippen LogP contribution in [0.15, 0.2) is 24.3 Å². The molecule has 2 nitrogen and oxygen atoms in total. The summed E-state index contributed by atoms with van der Waals surface area (Å²) in [6, 6.07) is 9.42. The van der Waals surface area contributed by atoms with E-state index in [4.69, 9.17) is 4.74 Å². The highest BCUT2D eigenvalue weighted by Gasteiger charge is 2.09. The fraction of sp³-hybridized carbons (Fsp3) is 0.625. The molecule has 1 aromatic carbocycles. The van der Waals surface area contributed by atoms with Crippen LogP contribution < -0.4 is 5.32 Å². The van der Waals surface area contributed by atoms with Crippen molar-refractivity contribution in [2.24, 2.45) is 0 Å². The van der Waals surface area contributed by atoms with Crippen LogP contribution in [-0.4, -0.2) is 20.3 Å². The first-order chi connectivity index (χ1) is 8.69. The maximum absolute atomic E-state index is 5.39. The minimum Gasteiger partial charge on any atom is -0.382 e. The standard InChI is InChI=1S/C16H27NO/c1-5-18-12-6-7-16(17-4)15-10-8-14(9-11-15)13(2)3/h8-11,13,16-17H,5-7,12H2,1-4H3. The van der Waals surface area contributed by atoms with Crippen molar-refractivity contribution in [1.29, 1.82) is 0 Å². The van der Waals surface area contributed by atoms with E-state index in [1.807, 2.05) is 14.0 Å². The summed E-state index contributed by atoms with van der Waals surface area (Å²) in [7, 11) is 2.03. The van der Waals surface area contributed by atoms with Crippen LogP contribution in [0.25, 0.3) is 0 Å². The lowest BCUT2D eigenvalue weighted by atomic mass is 9.97. The van der Waals surface area contributed by atoms with Gasteiger partial charge in [-0.05, 0) is 43.9 Å². The summed E-state index contributed by atoms with van der Waals surface area (Å²) in [5.41, 5.74) is 2.78. The molecule has 0 aliphatic heterocycles. The minimum atomic E-state index is 0.437. The Hall–Kier alpha value is -0.860. The molecule has 1 atom stereocenters. The normalized spacial score (nSPS) is 12.9. The predicted molar refractivity (Wildman–Crippen MR) is 78.1 cm³/mol. The molecular formula is C16H27NO. The molecule has 0 bridgehead atoms. The lowest BCUT2D eigenvalue weighted by Crippen LogP contribution is -2.17.